The van der Waals surface area contributed by atoms with Gasteiger partial charge in [0.15, 0.2) is 0 Å². The van der Waals surface area contributed by atoms with E-state index in [0.29, 0.717) is 18.3 Å². The summed E-state index contributed by atoms with van der Waals surface area (Å²) < 4.78 is 5.22. The summed E-state index contributed by atoms with van der Waals surface area (Å²) in [5.74, 6) is 0.928. The maximum atomic E-state index is 11.7. The zero-order valence-corrected chi connectivity index (χ0v) is 14.8. The summed E-state index contributed by atoms with van der Waals surface area (Å²) in [6.45, 7) is 7.56. The largest absolute Gasteiger partial charge is 0.444 e. The number of piperidine rings is 1. The van der Waals surface area contributed by atoms with E-state index in [1.807, 2.05) is 25.7 Å². The van der Waals surface area contributed by atoms with Crippen molar-refractivity contribution in [1.82, 2.24) is 10.3 Å². The molecule has 1 aromatic rings. The molecule has 0 unspecified atom stereocenters. The number of amides is 1. The number of pyridine rings is 1. The first-order valence-corrected chi connectivity index (χ1v) is 8.28. The summed E-state index contributed by atoms with van der Waals surface area (Å²) in [5, 5.41) is 13.6. The topological polar surface area (TPSA) is 124 Å². The molecule has 1 saturated heterocycles. The van der Waals surface area contributed by atoms with Crippen LogP contribution in [0.15, 0.2) is 12.1 Å². The van der Waals surface area contributed by atoms with Crippen LogP contribution in [0.5, 0.6) is 0 Å². The van der Waals surface area contributed by atoms with Gasteiger partial charge in [-0.15, -0.1) is 0 Å². The van der Waals surface area contributed by atoms with Crippen LogP contribution in [0.4, 0.5) is 22.1 Å². The van der Waals surface area contributed by atoms with Crippen LogP contribution in [-0.4, -0.2) is 41.2 Å². The van der Waals surface area contributed by atoms with Crippen molar-refractivity contribution in [3.63, 3.8) is 0 Å². The van der Waals surface area contributed by atoms with Crippen LogP contribution in [0.3, 0.4) is 0 Å². The number of nitrogen functional groups attached to an aromatic ring is 1. The summed E-state index contributed by atoms with van der Waals surface area (Å²) >= 11 is 0. The molecule has 1 amide bonds. The fourth-order valence-electron chi connectivity index (χ4n) is 2.70. The highest BCUT2D eigenvalue weighted by atomic mass is 16.6. The van der Waals surface area contributed by atoms with Gasteiger partial charge in [-0.3, -0.25) is 10.1 Å². The van der Waals surface area contributed by atoms with Crippen molar-refractivity contribution in [3.8, 4) is 0 Å². The maximum Gasteiger partial charge on any atom is 0.407 e. The number of nitrogens with zero attached hydrogens (tertiary/aromatic N) is 3. The minimum atomic E-state index is -0.541. The minimum absolute atomic E-state index is 0.0729. The first kappa shape index (κ1) is 18.8. The molecular formula is C16H25N5O4. The third-order valence-electron chi connectivity index (χ3n) is 3.96. The zero-order chi connectivity index (χ0) is 18.6. The number of carbonyl (C=O) groups excluding carboxylic acids is 1. The van der Waals surface area contributed by atoms with E-state index >= 15 is 0 Å². The molecule has 2 rings (SSSR count). The number of nitrogens with one attached hydrogen (secondary N) is 1. The molecule has 0 radical (unpaired) electrons. The van der Waals surface area contributed by atoms with Gasteiger partial charge >= 0.3 is 11.8 Å². The van der Waals surface area contributed by atoms with Crippen molar-refractivity contribution < 1.29 is 14.5 Å². The Morgan fingerprint density at radius 1 is 1.44 bits per heavy atom. The molecule has 138 valence electrons. The summed E-state index contributed by atoms with van der Waals surface area (Å²) in [4.78, 5) is 28.1. The fraction of sp³-hybridized carbons (Fsp3) is 0.625. The third-order valence-corrected chi connectivity index (χ3v) is 3.96. The van der Waals surface area contributed by atoms with Gasteiger partial charge in [-0.25, -0.2) is 9.78 Å². The molecule has 2 heterocycles. The van der Waals surface area contributed by atoms with Crippen LogP contribution < -0.4 is 16.0 Å². The van der Waals surface area contributed by atoms with Crippen LogP contribution in [0, 0.1) is 16.0 Å². The minimum Gasteiger partial charge on any atom is -0.444 e. The third kappa shape index (κ3) is 5.47. The molecule has 1 aliphatic heterocycles. The van der Waals surface area contributed by atoms with Gasteiger partial charge in [-0.05, 0) is 45.6 Å². The number of alkyl carbamates (subject to hydrolysis) is 1. The Morgan fingerprint density at radius 3 is 2.60 bits per heavy atom. The number of anilines is 2. The van der Waals surface area contributed by atoms with Gasteiger partial charge in [-0.2, -0.15) is 0 Å². The predicted molar refractivity (Wildman–Crippen MR) is 94.5 cm³/mol. The summed E-state index contributed by atoms with van der Waals surface area (Å²) in [7, 11) is 0. The Hall–Kier alpha value is -2.58. The lowest BCUT2D eigenvalue weighted by molar-refractivity contribution is -0.384. The molecular weight excluding hydrogens is 326 g/mol. The number of hydrogen-bond acceptors (Lipinski definition) is 7. The van der Waals surface area contributed by atoms with Crippen molar-refractivity contribution in [2.75, 3.05) is 30.3 Å². The van der Waals surface area contributed by atoms with Crippen molar-refractivity contribution in [2.45, 2.75) is 39.2 Å². The highest BCUT2D eigenvalue weighted by Crippen LogP contribution is 2.26. The van der Waals surface area contributed by atoms with Crippen LogP contribution in [0.2, 0.25) is 0 Å². The SMILES string of the molecule is CC(C)(C)OC(=O)NCC1CCN(c2ccc([N+](=O)[O-])c(N)n2)CC1. The molecule has 3 N–H and O–H groups in total. The Bertz CT molecular complexity index is 636. The molecule has 0 aromatic carbocycles. The molecule has 25 heavy (non-hydrogen) atoms. The van der Waals surface area contributed by atoms with E-state index < -0.39 is 16.6 Å². The molecule has 0 atom stereocenters. The standard InChI is InChI=1S/C16H25N5O4/c1-16(2,3)25-15(22)18-10-11-6-8-20(9-7-11)13-5-4-12(21(23)24)14(17)19-13/h4-5,11H,6-10H2,1-3H3,(H2,17,19)(H,18,22). The molecule has 0 aliphatic carbocycles. The highest BCUT2D eigenvalue weighted by Gasteiger charge is 2.23. The zero-order valence-electron chi connectivity index (χ0n) is 14.8. The first-order valence-electron chi connectivity index (χ1n) is 8.28. The van der Waals surface area contributed by atoms with E-state index in [2.05, 4.69) is 10.3 Å². The Balaban J connectivity index is 1.82. The number of rotatable bonds is 4. The number of ether oxygens (including phenoxy) is 1. The predicted octanol–water partition coefficient (Wildman–Crippen LogP) is 2.31. The number of nitrogens with two attached hydrogens (primary N) is 1. The smallest absolute Gasteiger partial charge is 0.407 e. The molecule has 9 heteroatoms. The molecule has 1 aromatic heterocycles. The lowest BCUT2D eigenvalue weighted by Gasteiger charge is -2.33. The van der Waals surface area contributed by atoms with Crippen molar-refractivity contribution >= 4 is 23.4 Å². The lowest BCUT2D eigenvalue weighted by Crippen LogP contribution is -2.40. The lowest BCUT2D eigenvalue weighted by atomic mass is 9.97. The number of hydrogen-bond donors (Lipinski definition) is 2. The van der Waals surface area contributed by atoms with Gasteiger partial charge in [-0.1, -0.05) is 0 Å². The molecule has 0 bridgehead atoms. The van der Waals surface area contributed by atoms with Gasteiger partial charge in [0.2, 0.25) is 5.82 Å². The fourth-order valence-corrected chi connectivity index (χ4v) is 2.70. The van der Waals surface area contributed by atoms with Crippen molar-refractivity contribution in [2.24, 2.45) is 5.92 Å². The summed E-state index contributed by atoms with van der Waals surface area (Å²) in [5.41, 5.74) is 4.96. The molecule has 1 fully saturated rings. The Kier molecular flexibility index (Phi) is 5.66. The van der Waals surface area contributed by atoms with E-state index in [9.17, 15) is 14.9 Å². The van der Waals surface area contributed by atoms with E-state index in [-0.39, 0.29) is 11.5 Å². The van der Waals surface area contributed by atoms with Crippen LogP contribution in [0.25, 0.3) is 0 Å². The second kappa shape index (κ2) is 7.54. The van der Waals surface area contributed by atoms with Gasteiger partial charge < -0.3 is 20.7 Å². The monoisotopic (exact) mass is 351 g/mol. The Labute approximate surface area is 146 Å². The highest BCUT2D eigenvalue weighted by molar-refractivity contribution is 5.67. The van der Waals surface area contributed by atoms with Crippen LogP contribution in [0.1, 0.15) is 33.6 Å². The normalized spacial score (nSPS) is 15.7. The van der Waals surface area contributed by atoms with Crippen LogP contribution in [-0.2, 0) is 4.74 Å². The molecule has 9 nitrogen and oxygen atoms in total. The van der Waals surface area contributed by atoms with Gasteiger partial charge in [0, 0.05) is 25.7 Å². The Morgan fingerprint density at radius 2 is 2.08 bits per heavy atom. The summed E-state index contributed by atoms with van der Waals surface area (Å²) in [6.07, 6.45) is 1.36. The van der Waals surface area contributed by atoms with Crippen molar-refractivity contribution in [1.29, 1.82) is 0 Å². The quantitative estimate of drug-likeness (QED) is 0.630. The number of carbonyl (C=O) groups is 1. The number of aromatic nitrogens is 1. The van der Waals surface area contributed by atoms with Gasteiger partial charge in [0.25, 0.3) is 0 Å². The average molecular weight is 351 g/mol. The van der Waals surface area contributed by atoms with Crippen molar-refractivity contribution in [3.05, 3.63) is 22.2 Å². The number of nitro groups is 1. The maximum absolute atomic E-state index is 11.7. The summed E-state index contributed by atoms with van der Waals surface area (Å²) in [6, 6.07) is 3.00. The van der Waals surface area contributed by atoms with E-state index in [4.69, 9.17) is 10.5 Å². The van der Waals surface area contributed by atoms with E-state index in [1.54, 1.807) is 6.07 Å². The molecule has 1 aliphatic rings. The molecule has 0 spiro atoms. The second-order valence-corrected chi connectivity index (χ2v) is 7.14. The van der Waals surface area contributed by atoms with Gasteiger partial charge in [0.05, 0.1) is 4.92 Å². The van der Waals surface area contributed by atoms with Gasteiger partial charge in [0.1, 0.15) is 11.4 Å². The van der Waals surface area contributed by atoms with E-state index in [1.165, 1.54) is 6.07 Å². The van der Waals surface area contributed by atoms with E-state index in [0.717, 1.165) is 25.9 Å². The first-order chi connectivity index (χ1) is 11.7. The van der Waals surface area contributed by atoms with Crippen LogP contribution >= 0.6 is 0 Å². The second-order valence-electron chi connectivity index (χ2n) is 7.14. The average Bonchev–Trinajstić information content (AvgIpc) is 2.51. The molecule has 0 saturated carbocycles.